The molecule has 0 aromatic carbocycles. The minimum absolute atomic E-state index is 0.0293. The molecule has 4 heteroatoms. The fourth-order valence-electron chi connectivity index (χ4n) is 1.52. The van der Waals surface area contributed by atoms with Crippen LogP contribution >= 0.6 is 0 Å². The lowest BCUT2D eigenvalue weighted by molar-refractivity contribution is -0.120. The quantitative estimate of drug-likeness (QED) is 0.820. The summed E-state index contributed by atoms with van der Waals surface area (Å²) in [6, 6.07) is 1.79. The largest absolute Gasteiger partial charge is 0.397 e. The molecular weight excluding hydrogens is 202 g/mol. The van der Waals surface area contributed by atoms with Crippen molar-refractivity contribution in [2.24, 2.45) is 5.92 Å². The van der Waals surface area contributed by atoms with Crippen molar-refractivity contribution in [2.45, 2.75) is 33.6 Å². The zero-order valence-corrected chi connectivity index (χ0v) is 10.1. The summed E-state index contributed by atoms with van der Waals surface area (Å²) in [5, 5.41) is 2.81. The smallest absolute Gasteiger partial charge is 0.228 e. The molecule has 0 atom stereocenters. The van der Waals surface area contributed by atoms with Crippen molar-refractivity contribution in [3.05, 3.63) is 17.8 Å². The van der Waals surface area contributed by atoms with Gasteiger partial charge in [-0.25, -0.2) is 4.98 Å². The normalized spacial score (nSPS) is 10.5. The van der Waals surface area contributed by atoms with E-state index in [1.54, 1.807) is 12.3 Å². The van der Waals surface area contributed by atoms with Crippen LogP contribution in [0.15, 0.2) is 12.3 Å². The first-order chi connectivity index (χ1) is 7.58. The average molecular weight is 221 g/mol. The first kappa shape index (κ1) is 12.5. The van der Waals surface area contributed by atoms with Gasteiger partial charge in [0, 0.05) is 5.92 Å². The Bertz CT molecular complexity index is 373. The summed E-state index contributed by atoms with van der Waals surface area (Å²) < 4.78 is 0. The number of carbonyl (C=O) groups excluding carboxylic acids is 1. The predicted octanol–water partition coefficient (Wildman–Crippen LogP) is 2.35. The molecule has 0 bridgehead atoms. The number of nitrogens with two attached hydrogens (primary N) is 1. The van der Waals surface area contributed by atoms with E-state index in [1.165, 1.54) is 0 Å². The van der Waals surface area contributed by atoms with Crippen LogP contribution in [-0.4, -0.2) is 10.9 Å². The Hall–Kier alpha value is -1.58. The van der Waals surface area contributed by atoms with Gasteiger partial charge in [0.1, 0.15) is 5.82 Å². The lowest BCUT2D eigenvalue weighted by Gasteiger charge is -2.12. The number of nitrogens with one attached hydrogen (secondary N) is 1. The van der Waals surface area contributed by atoms with E-state index in [1.807, 2.05) is 20.8 Å². The topological polar surface area (TPSA) is 68.0 Å². The van der Waals surface area contributed by atoms with Gasteiger partial charge in [-0.3, -0.25) is 4.79 Å². The van der Waals surface area contributed by atoms with Crippen molar-refractivity contribution in [2.75, 3.05) is 11.1 Å². The Morgan fingerprint density at radius 1 is 1.50 bits per heavy atom. The highest BCUT2D eigenvalue weighted by Gasteiger charge is 2.14. The predicted molar refractivity (Wildman–Crippen MR) is 66.1 cm³/mol. The van der Waals surface area contributed by atoms with Gasteiger partial charge in [-0.1, -0.05) is 13.8 Å². The number of hydrogen-bond acceptors (Lipinski definition) is 3. The molecule has 0 radical (unpaired) electrons. The first-order valence-electron chi connectivity index (χ1n) is 5.61. The molecule has 0 fully saturated rings. The zero-order valence-electron chi connectivity index (χ0n) is 10.1. The number of rotatable bonds is 4. The molecule has 0 saturated heterocycles. The number of anilines is 2. The van der Waals surface area contributed by atoms with Crippen LogP contribution in [0.25, 0.3) is 0 Å². The molecule has 1 rings (SSSR count). The number of aromatic nitrogens is 1. The maximum Gasteiger partial charge on any atom is 0.228 e. The highest BCUT2D eigenvalue weighted by atomic mass is 16.1. The van der Waals surface area contributed by atoms with Crippen molar-refractivity contribution < 1.29 is 4.79 Å². The Morgan fingerprint density at radius 3 is 2.62 bits per heavy atom. The summed E-state index contributed by atoms with van der Waals surface area (Å²) in [6.07, 6.45) is 3.25. The van der Waals surface area contributed by atoms with Gasteiger partial charge in [0.25, 0.3) is 0 Å². The van der Waals surface area contributed by atoms with Crippen LogP contribution in [0.3, 0.4) is 0 Å². The Morgan fingerprint density at radius 2 is 2.12 bits per heavy atom. The number of nitrogens with zero attached hydrogens (tertiary/aromatic N) is 1. The molecule has 3 N–H and O–H groups in total. The highest BCUT2D eigenvalue weighted by Crippen LogP contribution is 2.15. The molecule has 4 nitrogen and oxygen atoms in total. The lowest BCUT2D eigenvalue weighted by atomic mass is 10.0. The van der Waals surface area contributed by atoms with E-state index in [0.29, 0.717) is 11.5 Å². The summed E-state index contributed by atoms with van der Waals surface area (Å²) in [5.74, 6) is 0.657. The molecule has 1 amide bonds. The summed E-state index contributed by atoms with van der Waals surface area (Å²) in [6.45, 7) is 5.91. The summed E-state index contributed by atoms with van der Waals surface area (Å²) >= 11 is 0. The van der Waals surface area contributed by atoms with E-state index < -0.39 is 0 Å². The number of pyridine rings is 1. The third-order valence-electron chi connectivity index (χ3n) is 2.76. The summed E-state index contributed by atoms with van der Waals surface area (Å²) in [7, 11) is 0. The van der Waals surface area contributed by atoms with E-state index in [4.69, 9.17) is 5.73 Å². The van der Waals surface area contributed by atoms with Gasteiger partial charge in [0.05, 0.1) is 11.9 Å². The molecule has 88 valence electrons. The number of aryl methyl sites for hydroxylation is 1. The number of amides is 1. The second kappa shape index (κ2) is 5.49. The fraction of sp³-hybridized carbons (Fsp3) is 0.500. The maximum atomic E-state index is 11.8. The molecule has 0 aliphatic rings. The van der Waals surface area contributed by atoms with E-state index in [2.05, 4.69) is 10.3 Å². The van der Waals surface area contributed by atoms with Gasteiger partial charge in [0.2, 0.25) is 5.91 Å². The van der Waals surface area contributed by atoms with Crippen molar-refractivity contribution in [3.63, 3.8) is 0 Å². The van der Waals surface area contributed by atoms with Gasteiger partial charge in [-0.15, -0.1) is 0 Å². The maximum absolute atomic E-state index is 11.8. The standard InChI is InChI=1S/C12H19N3O/c1-4-9(5-2)12(16)15-11-6-8(3)10(13)7-14-11/h6-7,9H,4-5,13H2,1-3H3,(H,14,15,16). The third-order valence-corrected chi connectivity index (χ3v) is 2.76. The van der Waals surface area contributed by atoms with Crippen LogP contribution in [0.4, 0.5) is 11.5 Å². The summed E-state index contributed by atoms with van der Waals surface area (Å²) in [4.78, 5) is 15.9. The average Bonchev–Trinajstić information content (AvgIpc) is 2.25. The van der Waals surface area contributed by atoms with E-state index in [-0.39, 0.29) is 11.8 Å². The van der Waals surface area contributed by atoms with E-state index >= 15 is 0 Å². The molecule has 0 saturated carbocycles. The molecular formula is C12H19N3O. The van der Waals surface area contributed by atoms with Gasteiger partial charge >= 0.3 is 0 Å². The number of nitrogen functional groups attached to an aromatic ring is 1. The molecule has 0 unspecified atom stereocenters. The van der Waals surface area contributed by atoms with Gasteiger partial charge in [-0.05, 0) is 31.4 Å². The Labute approximate surface area is 96.3 Å². The van der Waals surface area contributed by atoms with E-state index in [0.717, 1.165) is 18.4 Å². The molecule has 0 aliphatic carbocycles. The van der Waals surface area contributed by atoms with Gasteiger partial charge in [0.15, 0.2) is 0 Å². The molecule has 0 spiro atoms. The third kappa shape index (κ3) is 2.95. The number of carbonyl (C=O) groups is 1. The van der Waals surface area contributed by atoms with Crippen molar-refractivity contribution in [1.82, 2.24) is 4.98 Å². The second-order valence-corrected chi connectivity index (χ2v) is 3.93. The zero-order chi connectivity index (χ0) is 12.1. The Kier molecular flexibility index (Phi) is 4.28. The van der Waals surface area contributed by atoms with Crippen molar-refractivity contribution >= 4 is 17.4 Å². The van der Waals surface area contributed by atoms with Crippen LogP contribution in [0.1, 0.15) is 32.3 Å². The van der Waals surface area contributed by atoms with Crippen LogP contribution in [0.5, 0.6) is 0 Å². The Balaban J connectivity index is 2.73. The van der Waals surface area contributed by atoms with Gasteiger partial charge in [-0.2, -0.15) is 0 Å². The fourth-order valence-corrected chi connectivity index (χ4v) is 1.52. The molecule has 1 aromatic heterocycles. The highest BCUT2D eigenvalue weighted by molar-refractivity contribution is 5.91. The van der Waals surface area contributed by atoms with Crippen LogP contribution in [0, 0.1) is 12.8 Å². The number of hydrogen-bond donors (Lipinski definition) is 2. The van der Waals surface area contributed by atoms with Crippen molar-refractivity contribution in [1.29, 1.82) is 0 Å². The lowest BCUT2D eigenvalue weighted by Crippen LogP contribution is -2.22. The molecule has 1 aromatic rings. The van der Waals surface area contributed by atoms with Crippen LogP contribution < -0.4 is 11.1 Å². The molecule has 16 heavy (non-hydrogen) atoms. The minimum Gasteiger partial charge on any atom is -0.397 e. The summed E-state index contributed by atoms with van der Waals surface area (Å²) in [5.41, 5.74) is 7.22. The minimum atomic E-state index is 0.0293. The molecule has 1 heterocycles. The molecule has 0 aliphatic heterocycles. The van der Waals surface area contributed by atoms with Crippen LogP contribution in [-0.2, 0) is 4.79 Å². The van der Waals surface area contributed by atoms with Gasteiger partial charge < -0.3 is 11.1 Å². The van der Waals surface area contributed by atoms with Crippen LogP contribution in [0.2, 0.25) is 0 Å². The first-order valence-corrected chi connectivity index (χ1v) is 5.61. The van der Waals surface area contributed by atoms with Crippen molar-refractivity contribution in [3.8, 4) is 0 Å². The monoisotopic (exact) mass is 221 g/mol. The van der Waals surface area contributed by atoms with E-state index in [9.17, 15) is 4.79 Å². The SMILES string of the molecule is CCC(CC)C(=O)Nc1cc(C)c(N)cn1. The second-order valence-electron chi connectivity index (χ2n) is 3.93.